The van der Waals surface area contributed by atoms with Crippen molar-refractivity contribution >= 4 is 15.9 Å². The highest BCUT2D eigenvalue weighted by Crippen LogP contribution is 2.15. The maximum atomic E-state index is 5.89. The summed E-state index contributed by atoms with van der Waals surface area (Å²) < 4.78 is 6.87. The van der Waals surface area contributed by atoms with E-state index in [-0.39, 0.29) is 12.1 Å². The summed E-state index contributed by atoms with van der Waals surface area (Å²) in [4.78, 5) is 6.83. The zero-order valence-electron chi connectivity index (χ0n) is 12.1. The van der Waals surface area contributed by atoms with Crippen LogP contribution in [0.1, 0.15) is 19.5 Å². The molecule has 0 spiro atoms. The van der Waals surface area contributed by atoms with Crippen molar-refractivity contribution in [3.05, 3.63) is 28.5 Å². The minimum atomic E-state index is 0.0743. The third-order valence-corrected chi connectivity index (χ3v) is 4.20. The first-order valence-electron chi connectivity index (χ1n) is 7.02. The number of aromatic nitrogens is 1. The monoisotopic (exact) mass is 342 g/mol. The molecular formula is C14H23BrN4O. The molecule has 1 saturated heterocycles. The van der Waals surface area contributed by atoms with Crippen LogP contribution in [0.3, 0.4) is 0 Å². The SMILES string of the molecule is CC(C)N1CCOC(C(Cc2ccc(Br)cn2)NN)C1. The molecule has 3 N–H and O–H groups in total. The molecule has 0 saturated carbocycles. The highest BCUT2D eigenvalue weighted by molar-refractivity contribution is 9.10. The molecule has 1 fully saturated rings. The van der Waals surface area contributed by atoms with Gasteiger partial charge in [0.1, 0.15) is 0 Å². The van der Waals surface area contributed by atoms with Gasteiger partial charge in [-0.25, -0.2) is 0 Å². The molecule has 0 radical (unpaired) electrons. The number of nitrogens with one attached hydrogen (secondary N) is 1. The summed E-state index contributed by atoms with van der Waals surface area (Å²) >= 11 is 3.39. The van der Waals surface area contributed by atoms with E-state index in [4.69, 9.17) is 10.6 Å². The zero-order chi connectivity index (χ0) is 14.5. The Hall–Kier alpha value is -0.530. The van der Waals surface area contributed by atoms with E-state index in [0.29, 0.717) is 6.04 Å². The molecule has 1 aromatic heterocycles. The topological polar surface area (TPSA) is 63.4 Å². The van der Waals surface area contributed by atoms with E-state index in [0.717, 1.165) is 36.3 Å². The average Bonchev–Trinajstić information content (AvgIpc) is 2.46. The Morgan fingerprint density at radius 3 is 2.95 bits per heavy atom. The van der Waals surface area contributed by atoms with Gasteiger partial charge in [0.2, 0.25) is 0 Å². The third-order valence-electron chi connectivity index (χ3n) is 3.74. The lowest BCUT2D eigenvalue weighted by atomic mass is 10.0. The van der Waals surface area contributed by atoms with Gasteiger partial charge in [-0.2, -0.15) is 0 Å². The van der Waals surface area contributed by atoms with Crippen molar-refractivity contribution < 1.29 is 4.74 Å². The molecule has 2 atom stereocenters. The smallest absolute Gasteiger partial charge is 0.0872 e. The first-order chi connectivity index (χ1) is 9.60. The number of nitrogens with two attached hydrogens (primary N) is 1. The number of ether oxygens (including phenoxy) is 1. The maximum absolute atomic E-state index is 5.89. The molecule has 20 heavy (non-hydrogen) atoms. The molecule has 1 aliphatic heterocycles. The van der Waals surface area contributed by atoms with Crippen molar-refractivity contribution in [2.24, 2.45) is 5.84 Å². The largest absolute Gasteiger partial charge is 0.374 e. The molecule has 0 aliphatic carbocycles. The van der Waals surface area contributed by atoms with Crippen LogP contribution in [0.4, 0.5) is 0 Å². The highest BCUT2D eigenvalue weighted by Gasteiger charge is 2.28. The van der Waals surface area contributed by atoms with E-state index in [1.54, 1.807) is 0 Å². The summed E-state index contributed by atoms with van der Waals surface area (Å²) in [7, 11) is 0. The molecule has 1 aliphatic rings. The van der Waals surface area contributed by atoms with Crippen LogP contribution in [0, 0.1) is 0 Å². The van der Waals surface area contributed by atoms with Crippen LogP contribution in [0.15, 0.2) is 22.8 Å². The van der Waals surface area contributed by atoms with E-state index in [1.807, 2.05) is 18.3 Å². The van der Waals surface area contributed by atoms with E-state index in [9.17, 15) is 0 Å². The summed E-state index contributed by atoms with van der Waals surface area (Å²) in [6.45, 7) is 7.08. The summed E-state index contributed by atoms with van der Waals surface area (Å²) in [5.74, 6) is 5.72. The normalized spacial score (nSPS) is 22.1. The van der Waals surface area contributed by atoms with Gasteiger partial charge in [-0.1, -0.05) is 0 Å². The molecule has 5 nitrogen and oxygen atoms in total. The molecule has 2 heterocycles. The molecule has 1 aromatic rings. The lowest BCUT2D eigenvalue weighted by molar-refractivity contribution is -0.0553. The second-order valence-electron chi connectivity index (χ2n) is 5.44. The van der Waals surface area contributed by atoms with Gasteiger partial charge in [0, 0.05) is 41.9 Å². The predicted molar refractivity (Wildman–Crippen MR) is 83.2 cm³/mol. The molecular weight excluding hydrogens is 320 g/mol. The Morgan fingerprint density at radius 1 is 1.55 bits per heavy atom. The zero-order valence-corrected chi connectivity index (χ0v) is 13.6. The Morgan fingerprint density at radius 2 is 2.35 bits per heavy atom. The summed E-state index contributed by atoms with van der Waals surface area (Å²) in [5, 5.41) is 0. The minimum absolute atomic E-state index is 0.0743. The number of halogens is 1. The third kappa shape index (κ3) is 4.23. The van der Waals surface area contributed by atoms with Crippen LogP contribution in [0.25, 0.3) is 0 Å². The van der Waals surface area contributed by atoms with Gasteiger partial charge in [0.25, 0.3) is 0 Å². The first-order valence-corrected chi connectivity index (χ1v) is 7.81. The number of hydrogen-bond acceptors (Lipinski definition) is 5. The second kappa shape index (κ2) is 7.47. The summed E-state index contributed by atoms with van der Waals surface area (Å²) in [6, 6.07) is 4.62. The van der Waals surface area contributed by atoms with E-state index in [2.05, 4.69) is 45.1 Å². The van der Waals surface area contributed by atoms with Crippen molar-refractivity contribution in [3.8, 4) is 0 Å². The van der Waals surface area contributed by atoms with Gasteiger partial charge in [0.15, 0.2) is 0 Å². The van der Waals surface area contributed by atoms with E-state index >= 15 is 0 Å². The fourth-order valence-corrected chi connectivity index (χ4v) is 2.69. The second-order valence-corrected chi connectivity index (χ2v) is 6.36. The summed E-state index contributed by atoms with van der Waals surface area (Å²) in [5.41, 5.74) is 3.91. The van der Waals surface area contributed by atoms with Gasteiger partial charge in [-0.15, -0.1) is 0 Å². The van der Waals surface area contributed by atoms with Crippen LogP contribution in [-0.2, 0) is 11.2 Å². The lowest BCUT2D eigenvalue weighted by Gasteiger charge is -2.38. The Bertz CT molecular complexity index is 412. The van der Waals surface area contributed by atoms with Crippen LogP contribution in [0.2, 0.25) is 0 Å². The van der Waals surface area contributed by atoms with Crippen LogP contribution in [-0.4, -0.2) is 47.8 Å². The number of rotatable bonds is 5. The average molecular weight is 343 g/mol. The highest BCUT2D eigenvalue weighted by atomic mass is 79.9. The molecule has 2 rings (SSSR count). The molecule has 0 bridgehead atoms. The number of hydrogen-bond donors (Lipinski definition) is 2. The van der Waals surface area contributed by atoms with Crippen molar-refractivity contribution in [3.63, 3.8) is 0 Å². The van der Waals surface area contributed by atoms with Crippen LogP contribution >= 0.6 is 15.9 Å². The molecule has 112 valence electrons. The van der Waals surface area contributed by atoms with Crippen LogP contribution in [0.5, 0.6) is 0 Å². The fourth-order valence-electron chi connectivity index (χ4n) is 2.46. The Labute approximate surface area is 129 Å². The number of hydrazine groups is 1. The molecule has 2 unspecified atom stereocenters. The van der Waals surface area contributed by atoms with Gasteiger partial charge in [-0.05, 0) is 41.9 Å². The minimum Gasteiger partial charge on any atom is -0.374 e. The van der Waals surface area contributed by atoms with Crippen molar-refractivity contribution in [2.45, 2.75) is 38.5 Å². The van der Waals surface area contributed by atoms with Crippen molar-refractivity contribution in [1.82, 2.24) is 15.3 Å². The molecule has 0 amide bonds. The van der Waals surface area contributed by atoms with Gasteiger partial charge < -0.3 is 4.74 Å². The molecule has 0 aromatic carbocycles. The maximum Gasteiger partial charge on any atom is 0.0872 e. The standard InChI is InChI=1S/C14H23BrN4O/c1-10(2)19-5-6-20-14(9-19)13(18-16)7-12-4-3-11(15)8-17-12/h3-4,8,10,13-14,18H,5-7,9,16H2,1-2H3. The first kappa shape index (κ1) is 15.9. The van der Waals surface area contributed by atoms with Gasteiger partial charge >= 0.3 is 0 Å². The summed E-state index contributed by atoms with van der Waals surface area (Å²) in [6.07, 6.45) is 2.67. The Kier molecular flexibility index (Phi) is 5.92. The van der Waals surface area contributed by atoms with E-state index < -0.39 is 0 Å². The quantitative estimate of drug-likeness (QED) is 0.624. The fraction of sp³-hybridized carbons (Fsp3) is 0.643. The lowest BCUT2D eigenvalue weighted by Crippen LogP contribution is -2.56. The van der Waals surface area contributed by atoms with E-state index in [1.165, 1.54) is 0 Å². The van der Waals surface area contributed by atoms with Crippen molar-refractivity contribution in [1.29, 1.82) is 0 Å². The van der Waals surface area contributed by atoms with Crippen LogP contribution < -0.4 is 11.3 Å². The number of morpholine rings is 1. The van der Waals surface area contributed by atoms with Gasteiger partial charge in [-0.3, -0.25) is 21.2 Å². The number of nitrogens with zero attached hydrogens (tertiary/aromatic N) is 2. The predicted octanol–water partition coefficient (Wildman–Crippen LogP) is 1.33. The Balaban J connectivity index is 1.98. The van der Waals surface area contributed by atoms with Crippen molar-refractivity contribution in [2.75, 3.05) is 19.7 Å². The molecule has 6 heteroatoms. The number of pyridine rings is 1. The van der Waals surface area contributed by atoms with Gasteiger partial charge in [0.05, 0.1) is 18.8 Å².